The van der Waals surface area contributed by atoms with Crippen molar-refractivity contribution in [1.29, 1.82) is 0 Å². The summed E-state index contributed by atoms with van der Waals surface area (Å²) in [5, 5.41) is 0. The second-order valence-electron chi connectivity index (χ2n) is 1.48. The van der Waals surface area contributed by atoms with E-state index >= 15 is 0 Å². The van der Waals surface area contributed by atoms with Gasteiger partial charge >= 0.3 is 0 Å². The van der Waals surface area contributed by atoms with Gasteiger partial charge in [0.2, 0.25) is 0 Å². The molecule has 0 aromatic carbocycles. The Kier molecular flexibility index (Phi) is 32.7. The third kappa shape index (κ3) is 22.7. The molecule has 12 heavy (non-hydrogen) atoms. The number of ether oxygens (including phenoxy) is 2. The third-order valence-corrected chi connectivity index (χ3v) is 0.803. The molecule has 0 amide bonds. The molecule has 0 aromatic rings. The maximum Gasteiger partial charge on any atom is 0.154 e. The lowest BCUT2D eigenvalue weighted by molar-refractivity contribution is -0.123. The van der Waals surface area contributed by atoms with Crippen LogP contribution in [0.15, 0.2) is 26.3 Å². The highest BCUT2D eigenvalue weighted by Gasteiger charge is 1.94. The minimum absolute atomic E-state index is 0.0370. The lowest BCUT2D eigenvalue weighted by Crippen LogP contribution is -2.11. The molecule has 2 heteroatoms. The van der Waals surface area contributed by atoms with Crippen molar-refractivity contribution in [2.45, 2.75) is 27.1 Å². The van der Waals surface area contributed by atoms with Crippen molar-refractivity contribution in [3.8, 4) is 0 Å². The average Bonchev–Trinajstić information content (AvgIpc) is 2.12. The summed E-state index contributed by atoms with van der Waals surface area (Å²) in [6.45, 7) is 19.3. The van der Waals surface area contributed by atoms with Gasteiger partial charge in [0.05, 0.1) is 0 Å². The van der Waals surface area contributed by atoms with Crippen LogP contribution in [0.25, 0.3) is 0 Å². The Balaban J connectivity index is -0.000000175. The lowest BCUT2D eigenvalue weighted by Gasteiger charge is -2.09. The summed E-state index contributed by atoms with van der Waals surface area (Å²) >= 11 is 0. The quantitative estimate of drug-likeness (QED) is 0.482. The molecule has 0 aliphatic carbocycles. The van der Waals surface area contributed by atoms with Gasteiger partial charge in [0, 0.05) is 13.2 Å². The summed E-state index contributed by atoms with van der Waals surface area (Å²) in [5.74, 6) is 0. The number of hydrogen-bond donors (Lipinski definition) is 0. The highest BCUT2D eigenvalue weighted by atomic mass is 16.7. The standard InChI is InChI=1S/C6H14O2.2C2H4/c1-4-7-6(3)8-5-2;2*1-2/h6H,4-5H2,1-3H3;2*1-2H2. The Bertz CT molecular complexity index is 56.9. The molecule has 0 saturated carbocycles. The molecular weight excluding hydrogens is 152 g/mol. The van der Waals surface area contributed by atoms with Crippen LogP contribution in [0.1, 0.15) is 20.8 Å². The second-order valence-corrected chi connectivity index (χ2v) is 1.48. The van der Waals surface area contributed by atoms with Gasteiger partial charge in [-0.2, -0.15) is 0 Å². The summed E-state index contributed by atoms with van der Waals surface area (Å²) in [7, 11) is 0. The van der Waals surface area contributed by atoms with Crippen molar-refractivity contribution in [3.63, 3.8) is 0 Å². The van der Waals surface area contributed by atoms with Crippen LogP contribution in [-0.2, 0) is 9.47 Å². The molecule has 0 fully saturated rings. The average molecular weight is 174 g/mol. The van der Waals surface area contributed by atoms with Crippen molar-refractivity contribution in [2.75, 3.05) is 13.2 Å². The first-order valence-corrected chi connectivity index (χ1v) is 4.04. The predicted molar refractivity (Wildman–Crippen MR) is 55.2 cm³/mol. The topological polar surface area (TPSA) is 18.5 Å². The van der Waals surface area contributed by atoms with Crippen molar-refractivity contribution in [3.05, 3.63) is 26.3 Å². The lowest BCUT2D eigenvalue weighted by atomic mass is 10.7. The van der Waals surface area contributed by atoms with Crippen LogP contribution in [0, 0.1) is 0 Å². The zero-order chi connectivity index (χ0) is 10.4. The normalized spacial score (nSPS) is 7.67. The molecule has 0 atom stereocenters. The van der Waals surface area contributed by atoms with Gasteiger partial charge in [-0.25, -0.2) is 0 Å². The van der Waals surface area contributed by atoms with Gasteiger partial charge in [0.25, 0.3) is 0 Å². The van der Waals surface area contributed by atoms with Gasteiger partial charge in [-0.15, -0.1) is 26.3 Å². The van der Waals surface area contributed by atoms with Gasteiger partial charge < -0.3 is 9.47 Å². The van der Waals surface area contributed by atoms with Crippen LogP contribution in [-0.4, -0.2) is 19.5 Å². The first-order valence-electron chi connectivity index (χ1n) is 4.04. The maximum atomic E-state index is 5.06. The summed E-state index contributed by atoms with van der Waals surface area (Å²) in [6, 6.07) is 0. The van der Waals surface area contributed by atoms with E-state index in [2.05, 4.69) is 26.3 Å². The fourth-order valence-corrected chi connectivity index (χ4v) is 0.518. The van der Waals surface area contributed by atoms with Crippen LogP contribution < -0.4 is 0 Å². The van der Waals surface area contributed by atoms with Gasteiger partial charge in [0.1, 0.15) is 0 Å². The molecule has 0 radical (unpaired) electrons. The Hall–Kier alpha value is -0.600. The third-order valence-electron chi connectivity index (χ3n) is 0.803. The van der Waals surface area contributed by atoms with E-state index in [-0.39, 0.29) is 6.29 Å². The Labute approximate surface area is 76.9 Å². The van der Waals surface area contributed by atoms with E-state index < -0.39 is 0 Å². The van der Waals surface area contributed by atoms with Crippen LogP contribution in [0.2, 0.25) is 0 Å². The minimum Gasteiger partial charge on any atom is -0.353 e. The molecule has 0 aromatic heterocycles. The predicted octanol–water partition coefficient (Wildman–Crippen LogP) is 3.01. The summed E-state index contributed by atoms with van der Waals surface area (Å²) < 4.78 is 10.1. The maximum absolute atomic E-state index is 5.06. The summed E-state index contributed by atoms with van der Waals surface area (Å²) in [4.78, 5) is 0. The van der Waals surface area contributed by atoms with E-state index in [0.29, 0.717) is 0 Å². The molecular formula is C10H22O2. The Morgan fingerprint density at radius 3 is 1.33 bits per heavy atom. The van der Waals surface area contributed by atoms with Gasteiger partial charge in [-0.3, -0.25) is 0 Å². The van der Waals surface area contributed by atoms with Gasteiger partial charge in [-0.05, 0) is 20.8 Å². The smallest absolute Gasteiger partial charge is 0.154 e. The molecule has 2 nitrogen and oxygen atoms in total. The molecule has 0 unspecified atom stereocenters. The molecule has 0 N–H and O–H groups in total. The Morgan fingerprint density at radius 2 is 1.17 bits per heavy atom. The number of hydrogen-bond acceptors (Lipinski definition) is 2. The molecule has 74 valence electrons. The fourth-order valence-electron chi connectivity index (χ4n) is 0.518. The van der Waals surface area contributed by atoms with Crippen molar-refractivity contribution >= 4 is 0 Å². The zero-order valence-corrected chi connectivity index (χ0v) is 8.64. The van der Waals surface area contributed by atoms with E-state index in [1.807, 2.05) is 20.8 Å². The molecule has 0 heterocycles. The van der Waals surface area contributed by atoms with Gasteiger partial charge in [-0.1, -0.05) is 0 Å². The summed E-state index contributed by atoms with van der Waals surface area (Å²) in [5.41, 5.74) is 0. The van der Waals surface area contributed by atoms with Crippen LogP contribution in [0.3, 0.4) is 0 Å². The number of rotatable bonds is 4. The van der Waals surface area contributed by atoms with E-state index in [1.54, 1.807) is 0 Å². The minimum atomic E-state index is -0.0370. The highest BCUT2D eigenvalue weighted by Crippen LogP contribution is 1.90. The van der Waals surface area contributed by atoms with E-state index in [9.17, 15) is 0 Å². The highest BCUT2D eigenvalue weighted by molar-refractivity contribution is 4.26. The zero-order valence-electron chi connectivity index (χ0n) is 8.64. The largest absolute Gasteiger partial charge is 0.353 e. The van der Waals surface area contributed by atoms with Crippen LogP contribution >= 0.6 is 0 Å². The second kappa shape index (κ2) is 22.4. The summed E-state index contributed by atoms with van der Waals surface area (Å²) in [6.07, 6.45) is -0.0370. The molecule has 0 bridgehead atoms. The van der Waals surface area contributed by atoms with E-state index in [4.69, 9.17) is 9.47 Å². The molecule has 0 spiro atoms. The van der Waals surface area contributed by atoms with Crippen molar-refractivity contribution in [1.82, 2.24) is 0 Å². The molecule has 0 aliphatic rings. The van der Waals surface area contributed by atoms with E-state index in [1.165, 1.54) is 0 Å². The SMILES string of the molecule is C=C.C=C.CCOC(C)OCC. The van der Waals surface area contributed by atoms with Crippen LogP contribution in [0.4, 0.5) is 0 Å². The van der Waals surface area contributed by atoms with Crippen molar-refractivity contribution in [2.24, 2.45) is 0 Å². The first kappa shape index (κ1) is 17.5. The van der Waals surface area contributed by atoms with E-state index in [0.717, 1.165) is 13.2 Å². The molecule has 0 aliphatic heterocycles. The van der Waals surface area contributed by atoms with Crippen LogP contribution in [0.5, 0.6) is 0 Å². The van der Waals surface area contributed by atoms with Crippen molar-refractivity contribution < 1.29 is 9.47 Å². The molecule has 0 rings (SSSR count). The fraction of sp³-hybridized carbons (Fsp3) is 0.600. The monoisotopic (exact) mass is 174 g/mol. The first-order chi connectivity index (χ1) is 5.81. The van der Waals surface area contributed by atoms with Gasteiger partial charge in [0.15, 0.2) is 6.29 Å². The molecule has 0 saturated heterocycles. The Morgan fingerprint density at radius 1 is 0.917 bits per heavy atom.